The predicted octanol–water partition coefficient (Wildman–Crippen LogP) is 13.8. The van der Waals surface area contributed by atoms with Gasteiger partial charge in [-0.05, 0) is 53.9 Å². The van der Waals surface area contributed by atoms with Gasteiger partial charge in [0.05, 0.1) is 49.8 Å². The van der Waals surface area contributed by atoms with Crippen LogP contribution >= 0.6 is 0 Å². The van der Waals surface area contributed by atoms with Crippen LogP contribution in [0.3, 0.4) is 0 Å². The fraction of sp³-hybridized carbons (Fsp3) is 0. The topological polar surface area (TPSA) is 40.0 Å². The van der Waals surface area contributed by atoms with Crippen molar-refractivity contribution < 1.29 is 0 Å². The van der Waals surface area contributed by atoms with Gasteiger partial charge in [-0.15, -0.1) is 0 Å². The molecule has 0 radical (unpaired) electrons. The van der Waals surface area contributed by atoms with Crippen molar-refractivity contribution in [2.45, 2.75) is 0 Å². The Morgan fingerprint density at radius 1 is 0.339 bits per heavy atom. The Bertz CT molecular complexity index is 4070. The van der Waals surface area contributed by atoms with Gasteiger partial charge in [-0.1, -0.05) is 140 Å². The highest BCUT2D eigenvalue weighted by atomic mass is 15.2. The van der Waals surface area contributed by atoms with Crippen LogP contribution in [-0.2, 0) is 0 Å². The minimum atomic E-state index is 0.653. The van der Waals surface area contributed by atoms with E-state index in [0.29, 0.717) is 5.95 Å². The molecule has 5 aromatic heterocycles. The third kappa shape index (κ3) is 4.03. The van der Waals surface area contributed by atoms with E-state index in [2.05, 4.69) is 202 Å². The third-order valence-electron chi connectivity index (χ3n) is 12.7. The van der Waals surface area contributed by atoms with Crippen molar-refractivity contribution in [3.05, 3.63) is 188 Å². The first-order valence-corrected chi connectivity index (χ1v) is 20.2. The van der Waals surface area contributed by atoms with Crippen molar-refractivity contribution in [2.75, 3.05) is 0 Å². The van der Waals surface area contributed by atoms with Gasteiger partial charge in [0.15, 0.2) is 0 Å². The van der Waals surface area contributed by atoms with Gasteiger partial charge in [0, 0.05) is 65.1 Å². The van der Waals surface area contributed by atoms with Crippen LogP contribution in [0.1, 0.15) is 0 Å². The van der Waals surface area contributed by atoms with E-state index in [1.54, 1.807) is 0 Å². The molecule has 0 saturated carbocycles. The summed E-state index contributed by atoms with van der Waals surface area (Å²) < 4.78 is 7.19. The smallest absolute Gasteiger partial charge is 0.235 e. The molecule has 0 fully saturated rings. The molecule has 272 valence electrons. The first kappa shape index (κ1) is 31.1. The van der Waals surface area contributed by atoms with E-state index in [0.717, 1.165) is 44.4 Å². The number of benzene rings is 9. The van der Waals surface area contributed by atoms with Crippen molar-refractivity contribution in [1.29, 1.82) is 0 Å². The quantitative estimate of drug-likeness (QED) is 0.180. The lowest BCUT2D eigenvalue weighted by molar-refractivity contribution is 1.01. The third-order valence-corrected chi connectivity index (χ3v) is 12.7. The predicted molar refractivity (Wildman–Crippen MR) is 246 cm³/mol. The minimum absolute atomic E-state index is 0.653. The molecule has 0 aliphatic rings. The Kier molecular flexibility index (Phi) is 5.96. The van der Waals surface area contributed by atoms with Crippen molar-refractivity contribution >= 4 is 103 Å². The van der Waals surface area contributed by atoms with Crippen molar-refractivity contribution in [2.24, 2.45) is 0 Å². The molecule has 5 heteroatoms. The van der Waals surface area contributed by atoms with E-state index >= 15 is 0 Å². The van der Waals surface area contributed by atoms with E-state index in [-0.39, 0.29) is 0 Å². The zero-order valence-corrected chi connectivity index (χ0v) is 31.6. The molecule has 0 aliphatic carbocycles. The molecule has 0 spiro atoms. The van der Waals surface area contributed by atoms with Crippen LogP contribution in [0.25, 0.3) is 126 Å². The molecule has 0 bridgehead atoms. The van der Waals surface area contributed by atoms with Gasteiger partial charge >= 0.3 is 0 Å². The first-order chi connectivity index (χ1) is 29.3. The Hall–Kier alpha value is -8.02. The Balaban J connectivity index is 1.11. The van der Waals surface area contributed by atoms with Crippen LogP contribution < -0.4 is 0 Å². The van der Waals surface area contributed by atoms with E-state index in [4.69, 9.17) is 9.97 Å². The Morgan fingerprint density at radius 2 is 0.966 bits per heavy atom. The van der Waals surface area contributed by atoms with Gasteiger partial charge in [-0.3, -0.25) is 4.57 Å². The van der Waals surface area contributed by atoms with Crippen molar-refractivity contribution in [3.63, 3.8) is 0 Å². The minimum Gasteiger partial charge on any atom is -0.309 e. The van der Waals surface area contributed by atoms with Crippen LogP contribution in [0.2, 0.25) is 0 Å². The van der Waals surface area contributed by atoms with Crippen LogP contribution in [0, 0.1) is 0 Å². The molecule has 0 atom stereocenters. The number of hydrogen-bond acceptors (Lipinski definition) is 2. The number of rotatable bonds is 3. The van der Waals surface area contributed by atoms with Gasteiger partial charge < -0.3 is 8.97 Å². The maximum atomic E-state index is 5.60. The Labute approximate surface area is 336 Å². The summed E-state index contributed by atoms with van der Waals surface area (Å²) in [7, 11) is 0. The van der Waals surface area contributed by atoms with E-state index in [9.17, 15) is 0 Å². The lowest BCUT2D eigenvalue weighted by Crippen LogP contribution is -2.03. The van der Waals surface area contributed by atoms with Crippen molar-refractivity contribution in [1.82, 2.24) is 23.5 Å². The fourth-order valence-electron chi connectivity index (χ4n) is 10.3. The van der Waals surface area contributed by atoms with Crippen LogP contribution in [0.15, 0.2) is 188 Å². The molecule has 59 heavy (non-hydrogen) atoms. The van der Waals surface area contributed by atoms with Gasteiger partial charge in [0.2, 0.25) is 5.95 Å². The normalized spacial score (nSPS) is 12.4. The average molecular weight is 750 g/mol. The van der Waals surface area contributed by atoms with E-state index in [1.807, 2.05) is 0 Å². The molecule has 5 nitrogen and oxygen atoms in total. The summed E-state index contributed by atoms with van der Waals surface area (Å²) in [4.78, 5) is 11.0. The Morgan fingerprint density at radius 3 is 1.80 bits per heavy atom. The molecule has 0 saturated heterocycles. The highest BCUT2D eigenvalue weighted by Gasteiger charge is 2.26. The van der Waals surface area contributed by atoms with Gasteiger partial charge in [-0.25, -0.2) is 9.97 Å². The molecular formula is C54H31N5. The molecule has 0 amide bonds. The summed E-state index contributed by atoms with van der Waals surface area (Å²) in [5, 5.41) is 13.3. The maximum absolute atomic E-state index is 5.60. The monoisotopic (exact) mass is 749 g/mol. The zero-order chi connectivity index (χ0) is 38.3. The molecular weight excluding hydrogens is 719 g/mol. The van der Waals surface area contributed by atoms with Crippen LogP contribution in [0.4, 0.5) is 0 Å². The van der Waals surface area contributed by atoms with Crippen molar-refractivity contribution in [3.8, 4) is 22.9 Å². The second-order valence-electron chi connectivity index (χ2n) is 15.7. The maximum Gasteiger partial charge on any atom is 0.235 e. The molecule has 14 aromatic rings. The highest BCUT2D eigenvalue weighted by molar-refractivity contribution is 6.37. The average Bonchev–Trinajstić information content (AvgIpc) is 4.02. The largest absolute Gasteiger partial charge is 0.309 e. The zero-order valence-electron chi connectivity index (χ0n) is 31.6. The molecule has 0 N–H and O–H groups in total. The number of hydrogen-bond donors (Lipinski definition) is 0. The van der Waals surface area contributed by atoms with Gasteiger partial charge in [-0.2, -0.15) is 0 Å². The second kappa shape index (κ2) is 11.3. The lowest BCUT2D eigenvalue weighted by atomic mass is 10.00. The summed E-state index contributed by atoms with van der Waals surface area (Å²) >= 11 is 0. The lowest BCUT2D eigenvalue weighted by Gasteiger charge is -2.13. The van der Waals surface area contributed by atoms with E-state index in [1.165, 1.54) is 75.9 Å². The summed E-state index contributed by atoms with van der Waals surface area (Å²) in [6.45, 7) is 0. The van der Waals surface area contributed by atoms with Crippen LogP contribution in [0.5, 0.6) is 0 Å². The summed E-state index contributed by atoms with van der Waals surface area (Å²) in [5.41, 5.74) is 12.2. The second-order valence-corrected chi connectivity index (χ2v) is 15.7. The number of nitrogens with zero attached hydrogens (tertiary/aromatic N) is 5. The molecule has 14 rings (SSSR count). The first-order valence-electron chi connectivity index (χ1n) is 20.2. The van der Waals surface area contributed by atoms with Crippen LogP contribution in [-0.4, -0.2) is 23.5 Å². The van der Waals surface area contributed by atoms with E-state index < -0.39 is 0 Å². The molecule has 0 unspecified atom stereocenters. The molecule has 0 aliphatic heterocycles. The summed E-state index contributed by atoms with van der Waals surface area (Å²) in [6, 6.07) is 67.9. The highest BCUT2D eigenvalue weighted by Crippen LogP contribution is 2.48. The number of para-hydroxylation sites is 5. The SMILES string of the molecule is c1ccc(-n2c3ccccc3c3ccc(-c4nc(-n5c6ccccc6c6c7c8ccc9ccccc9c8n8c9ccccc9c(cc65)c78)nc5ccccc45)cc32)cc1. The standard InChI is InChI=1S/C54H31N5/c1-2-15-34(16-3-1)57-44-23-11-7-18-36(44)38-28-27-33(30-47(38)57)51-39-20-6-10-22-43(39)55-54(56-51)58-46-25-13-9-21-40(46)49-48(58)31-42-37-19-8-12-24-45(37)59-52-35-17-5-4-14-32(35)26-29-41(52)50(49)53(42)59/h1-31H. The summed E-state index contributed by atoms with van der Waals surface area (Å²) in [5.74, 6) is 0.653. The summed E-state index contributed by atoms with van der Waals surface area (Å²) in [6.07, 6.45) is 0. The van der Waals surface area contributed by atoms with Gasteiger partial charge in [0.1, 0.15) is 0 Å². The number of fused-ring (bicyclic) bond motifs is 16. The van der Waals surface area contributed by atoms with Gasteiger partial charge in [0.25, 0.3) is 0 Å². The molecule has 5 heterocycles. The molecule has 9 aromatic carbocycles. The number of aromatic nitrogens is 5. The fourth-order valence-corrected chi connectivity index (χ4v) is 10.3.